The number of allylic oxidation sites excluding steroid dienone is 3. The molecule has 3 aliphatic rings. The Bertz CT molecular complexity index is 683. The number of rotatable bonds is 6. The summed E-state index contributed by atoms with van der Waals surface area (Å²) in [7, 11) is 0. The molecule has 0 bridgehead atoms. The van der Waals surface area contributed by atoms with E-state index >= 15 is 0 Å². The molecule has 3 saturated carbocycles. The summed E-state index contributed by atoms with van der Waals surface area (Å²) in [4.78, 5) is 0. The van der Waals surface area contributed by atoms with Crippen LogP contribution >= 0.6 is 0 Å². The van der Waals surface area contributed by atoms with Crippen molar-refractivity contribution < 1.29 is 15.3 Å². The summed E-state index contributed by atoms with van der Waals surface area (Å²) in [6.07, 6.45) is 13.9. The molecule has 0 aromatic heterocycles. The van der Waals surface area contributed by atoms with Crippen molar-refractivity contribution in [1.82, 2.24) is 0 Å². The fourth-order valence-corrected chi connectivity index (χ4v) is 6.74. The van der Waals surface area contributed by atoms with Crippen molar-refractivity contribution in [2.75, 3.05) is 0 Å². The highest BCUT2D eigenvalue weighted by molar-refractivity contribution is 5.38. The normalized spacial score (nSPS) is 38.8. The van der Waals surface area contributed by atoms with Gasteiger partial charge in [-0.2, -0.15) is 0 Å². The van der Waals surface area contributed by atoms with E-state index in [0.29, 0.717) is 30.1 Å². The fraction of sp³-hybridized carbons (Fsp3) is 0.778. The molecule has 3 fully saturated rings. The maximum atomic E-state index is 10.1. The molecule has 0 radical (unpaired) electrons. The molecule has 3 aliphatic carbocycles. The number of hydrogen-bond acceptors (Lipinski definition) is 3. The number of aliphatic hydroxyl groups excluding tert-OH is 2. The van der Waals surface area contributed by atoms with Gasteiger partial charge in [0.15, 0.2) is 0 Å². The van der Waals surface area contributed by atoms with Crippen molar-refractivity contribution in [3.8, 4) is 0 Å². The van der Waals surface area contributed by atoms with Crippen LogP contribution in [0.3, 0.4) is 0 Å². The van der Waals surface area contributed by atoms with Gasteiger partial charge in [-0.05, 0) is 93.1 Å². The maximum absolute atomic E-state index is 10.1. The number of hydrogen-bond donors (Lipinski definition) is 3. The van der Waals surface area contributed by atoms with Crippen molar-refractivity contribution in [3.05, 3.63) is 35.5 Å². The summed E-state index contributed by atoms with van der Waals surface area (Å²) in [5.74, 6) is 2.11. The Morgan fingerprint density at radius 1 is 1.23 bits per heavy atom. The lowest BCUT2D eigenvalue weighted by Gasteiger charge is -2.44. The van der Waals surface area contributed by atoms with Crippen molar-refractivity contribution in [2.24, 2.45) is 23.2 Å². The van der Waals surface area contributed by atoms with Gasteiger partial charge in [0.1, 0.15) is 0 Å². The van der Waals surface area contributed by atoms with Gasteiger partial charge < -0.3 is 15.3 Å². The highest BCUT2D eigenvalue weighted by Gasteiger charge is 2.50. The minimum absolute atomic E-state index is 0.374. The highest BCUT2D eigenvalue weighted by Crippen LogP contribution is 2.60. The maximum Gasteiger partial charge on any atom is 0.0811 e. The first-order chi connectivity index (χ1) is 14.0. The topological polar surface area (TPSA) is 60.7 Å². The quantitative estimate of drug-likeness (QED) is 0.520. The second kappa shape index (κ2) is 9.30. The monoisotopic (exact) mass is 416 g/mol. The lowest BCUT2D eigenvalue weighted by Crippen LogP contribution is -2.36. The smallest absolute Gasteiger partial charge is 0.0811 e. The van der Waals surface area contributed by atoms with Crippen LogP contribution in [0.5, 0.6) is 0 Å². The summed E-state index contributed by atoms with van der Waals surface area (Å²) < 4.78 is 0. The molecule has 1 unspecified atom stereocenters. The van der Waals surface area contributed by atoms with Gasteiger partial charge in [-0.25, -0.2) is 0 Å². The second-order valence-corrected chi connectivity index (χ2v) is 11.3. The third-order valence-corrected chi connectivity index (χ3v) is 8.44. The lowest BCUT2D eigenvalue weighted by molar-refractivity contribution is 0.0596. The zero-order chi connectivity index (χ0) is 22.1. The molecule has 6 atom stereocenters. The van der Waals surface area contributed by atoms with E-state index in [4.69, 9.17) is 0 Å². The SMILES string of the molecule is C=C1/C(=C\C=C2/CCC[C@@]3(C)C2CC[C@@H]3[C@H](C)CCCC(C)(C)O)C[C@H](O)C[C@@H]1O. The van der Waals surface area contributed by atoms with E-state index in [1.165, 1.54) is 38.5 Å². The van der Waals surface area contributed by atoms with E-state index in [2.05, 4.69) is 32.6 Å². The molecule has 3 nitrogen and oxygen atoms in total. The predicted octanol–water partition coefficient (Wildman–Crippen LogP) is 5.70. The molecule has 3 heteroatoms. The van der Waals surface area contributed by atoms with Crippen LogP contribution in [0.25, 0.3) is 0 Å². The van der Waals surface area contributed by atoms with Gasteiger partial charge in [0.25, 0.3) is 0 Å². The molecule has 0 aromatic rings. The Kier molecular flexibility index (Phi) is 7.37. The van der Waals surface area contributed by atoms with Crippen molar-refractivity contribution in [3.63, 3.8) is 0 Å². The fourth-order valence-electron chi connectivity index (χ4n) is 6.74. The summed E-state index contributed by atoms with van der Waals surface area (Å²) in [5.41, 5.74) is 3.17. The van der Waals surface area contributed by atoms with Crippen LogP contribution in [0.2, 0.25) is 0 Å². The standard InChI is InChI=1S/C27H44O3/c1-18(8-6-14-26(3,4)30)23-12-13-24-20(9-7-15-27(23,24)5)10-11-21-16-22(28)17-25(29)19(21)2/h10-11,18,22-25,28-30H,2,6-9,12-17H2,1,3-5H3/b20-10+,21-11-/t18-,22+,23-,24?,25+,27-/m1/s1. The minimum Gasteiger partial charge on any atom is -0.393 e. The summed E-state index contributed by atoms with van der Waals surface area (Å²) in [6.45, 7) is 12.8. The van der Waals surface area contributed by atoms with Gasteiger partial charge in [0, 0.05) is 6.42 Å². The predicted molar refractivity (Wildman–Crippen MR) is 124 cm³/mol. The molecule has 0 spiro atoms. The van der Waals surface area contributed by atoms with Gasteiger partial charge in [-0.1, -0.05) is 51.0 Å². The van der Waals surface area contributed by atoms with Crippen LogP contribution in [0.1, 0.15) is 91.9 Å². The first-order valence-corrected chi connectivity index (χ1v) is 12.2. The van der Waals surface area contributed by atoms with Crippen LogP contribution in [0, 0.1) is 23.2 Å². The van der Waals surface area contributed by atoms with Crippen LogP contribution in [-0.4, -0.2) is 33.1 Å². The van der Waals surface area contributed by atoms with E-state index in [-0.39, 0.29) is 0 Å². The molecule has 0 heterocycles. The summed E-state index contributed by atoms with van der Waals surface area (Å²) >= 11 is 0. The Balaban J connectivity index is 1.70. The van der Waals surface area contributed by atoms with Crippen LogP contribution < -0.4 is 0 Å². The van der Waals surface area contributed by atoms with Crippen LogP contribution in [0.4, 0.5) is 0 Å². The Morgan fingerprint density at radius 2 is 1.97 bits per heavy atom. The molecule has 3 rings (SSSR count). The van der Waals surface area contributed by atoms with Crippen LogP contribution in [-0.2, 0) is 0 Å². The van der Waals surface area contributed by atoms with E-state index in [9.17, 15) is 15.3 Å². The Labute approximate surface area is 184 Å². The summed E-state index contributed by atoms with van der Waals surface area (Å²) in [6, 6.07) is 0. The molecular weight excluding hydrogens is 372 g/mol. The molecular formula is C27H44O3. The van der Waals surface area contributed by atoms with E-state index in [1.807, 2.05) is 13.8 Å². The van der Waals surface area contributed by atoms with Crippen molar-refractivity contribution >= 4 is 0 Å². The first kappa shape index (κ1) is 23.8. The third-order valence-electron chi connectivity index (χ3n) is 8.44. The Morgan fingerprint density at radius 3 is 2.67 bits per heavy atom. The molecule has 0 saturated heterocycles. The van der Waals surface area contributed by atoms with E-state index in [0.717, 1.165) is 29.9 Å². The number of fused-ring (bicyclic) bond motifs is 1. The van der Waals surface area contributed by atoms with Gasteiger partial charge in [-0.3, -0.25) is 0 Å². The van der Waals surface area contributed by atoms with Gasteiger partial charge in [0.05, 0.1) is 17.8 Å². The average molecular weight is 417 g/mol. The molecule has 30 heavy (non-hydrogen) atoms. The van der Waals surface area contributed by atoms with Crippen molar-refractivity contribution in [1.29, 1.82) is 0 Å². The molecule has 0 amide bonds. The lowest BCUT2D eigenvalue weighted by atomic mass is 9.60. The summed E-state index contributed by atoms with van der Waals surface area (Å²) in [5, 5.41) is 30.2. The molecule has 170 valence electrons. The zero-order valence-corrected chi connectivity index (χ0v) is 19.7. The molecule has 0 aromatic carbocycles. The third kappa shape index (κ3) is 5.29. The zero-order valence-electron chi connectivity index (χ0n) is 19.7. The first-order valence-electron chi connectivity index (χ1n) is 12.2. The van der Waals surface area contributed by atoms with Crippen molar-refractivity contribution in [2.45, 2.75) is 110 Å². The van der Waals surface area contributed by atoms with Gasteiger partial charge in [-0.15, -0.1) is 0 Å². The van der Waals surface area contributed by atoms with E-state index in [1.54, 1.807) is 5.57 Å². The highest BCUT2D eigenvalue weighted by atomic mass is 16.3. The molecule has 0 aliphatic heterocycles. The van der Waals surface area contributed by atoms with Gasteiger partial charge >= 0.3 is 0 Å². The average Bonchev–Trinajstić information content (AvgIpc) is 3.00. The second-order valence-electron chi connectivity index (χ2n) is 11.3. The minimum atomic E-state index is -0.615. The Hall–Kier alpha value is -0.900. The largest absolute Gasteiger partial charge is 0.393 e. The molecule has 3 N–H and O–H groups in total. The van der Waals surface area contributed by atoms with E-state index < -0.39 is 17.8 Å². The van der Waals surface area contributed by atoms with Crippen LogP contribution in [0.15, 0.2) is 35.5 Å². The number of aliphatic hydroxyl groups is 3. The van der Waals surface area contributed by atoms with Gasteiger partial charge in [0.2, 0.25) is 0 Å².